The van der Waals surface area contributed by atoms with Crippen LogP contribution in [0.15, 0.2) is 66.7 Å². The summed E-state index contributed by atoms with van der Waals surface area (Å²) in [6, 6.07) is 20.6. The zero-order valence-electron chi connectivity index (χ0n) is 19.0. The van der Waals surface area contributed by atoms with Crippen LogP contribution < -0.4 is 14.8 Å². The highest BCUT2D eigenvalue weighted by molar-refractivity contribution is 6.12. The third-order valence-corrected chi connectivity index (χ3v) is 5.14. The fraction of sp³-hybridized carbons (Fsp3) is 0.250. The molecule has 0 heterocycles. The molecule has 0 fully saturated rings. The van der Waals surface area contributed by atoms with E-state index in [0.29, 0.717) is 40.8 Å². The Kier molecular flexibility index (Phi) is 8.51. The van der Waals surface area contributed by atoms with E-state index < -0.39 is 0 Å². The lowest BCUT2D eigenvalue weighted by Gasteiger charge is -2.15. The van der Waals surface area contributed by atoms with Gasteiger partial charge in [0, 0.05) is 23.4 Å². The van der Waals surface area contributed by atoms with Crippen LogP contribution in [0.1, 0.15) is 46.8 Å². The van der Waals surface area contributed by atoms with Gasteiger partial charge in [0.05, 0.1) is 6.61 Å². The van der Waals surface area contributed by atoms with Crippen LogP contribution in [-0.2, 0) is 6.54 Å². The van der Waals surface area contributed by atoms with Gasteiger partial charge in [0.25, 0.3) is 0 Å². The summed E-state index contributed by atoms with van der Waals surface area (Å²) in [4.78, 5) is 13.4. The Balaban J connectivity index is 1.85. The molecule has 0 radical (unpaired) electrons. The predicted molar refractivity (Wildman–Crippen MR) is 131 cm³/mol. The lowest BCUT2D eigenvalue weighted by molar-refractivity contribution is 0.103. The minimum Gasteiger partial charge on any atom is -0.491 e. The standard InChI is InChI=1S/C28H29NO4/c1-4-15-32-25-12-13-27(29-19-21-6-5-7-24(17-21)33-16-14-30)26(18-25)28(31)23-10-8-22(9-11-23)20(2)3/h1,5-13,17-18,20,29-30H,14-16,19H2,2-3H3. The number of terminal acetylenes is 1. The zero-order valence-corrected chi connectivity index (χ0v) is 19.0. The maximum Gasteiger partial charge on any atom is 0.195 e. The molecule has 3 aromatic rings. The molecule has 33 heavy (non-hydrogen) atoms. The Morgan fingerprint density at radius 2 is 1.79 bits per heavy atom. The van der Waals surface area contributed by atoms with Crippen LogP contribution in [0.5, 0.6) is 11.5 Å². The normalized spacial score (nSPS) is 10.5. The Morgan fingerprint density at radius 3 is 2.48 bits per heavy atom. The van der Waals surface area contributed by atoms with Crippen LogP contribution >= 0.6 is 0 Å². The monoisotopic (exact) mass is 443 g/mol. The van der Waals surface area contributed by atoms with E-state index in [1.165, 1.54) is 5.56 Å². The number of aliphatic hydroxyl groups is 1. The number of benzene rings is 3. The minimum atomic E-state index is -0.0982. The second kappa shape index (κ2) is 11.8. The number of anilines is 1. The number of rotatable bonds is 11. The Labute approximate surface area is 195 Å². The van der Waals surface area contributed by atoms with Crippen molar-refractivity contribution in [2.45, 2.75) is 26.3 Å². The molecule has 3 aromatic carbocycles. The van der Waals surface area contributed by atoms with Crippen LogP contribution in [0.2, 0.25) is 0 Å². The highest BCUT2D eigenvalue weighted by Gasteiger charge is 2.16. The first-order valence-electron chi connectivity index (χ1n) is 10.9. The van der Waals surface area contributed by atoms with Crippen LogP contribution in [0.3, 0.4) is 0 Å². The van der Waals surface area contributed by atoms with Crippen LogP contribution in [0.4, 0.5) is 5.69 Å². The second-order valence-electron chi connectivity index (χ2n) is 7.88. The molecule has 0 aromatic heterocycles. The number of hydrogen-bond acceptors (Lipinski definition) is 5. The fourth-order valence-corrected chi connectivity index (χ4v) is 3.36. The van der Waals surface area contributed by atoms with Crippen molar-refractivity contribution < 1.29 is 19.4 Å². The molecule has 0 saturated carbocycles. The minimum absolute atomic E-state index is 0.0415. The molecule has 0 bridgehead atoms. The molecule has 3 rings (SSSR count). The summed E-state index contributed by atoms with van der Waals surface area (Å²) in [5.74, 6) is 3.96. The molecule has 0 unspecified atom stereocenters. The Morgan fingerprint density at radius 1 is 1.03 bits per heavy atom. The maximum absolute atomic E-state index is 13.4. The van der Waals surface area contributed by atoms with Crippen LogP contribution in [-0.4, -0.2) is 30.7 Å². The summed E-state index contributed by atoms with van der Waals surface area (Å²) < 4.78 is 11.0. The van der Waals surface area contributed by atoms with E-state index in [4.69, 9.17) is 21.0 Å². The van der Waals surface area contributed by atoms with Gasteiger partial charge in [-0.05, 0) is 47.4 Å². The lowest BCUT2D eigenvalue weighted by Crippen LogP contribution is -2.09. The van der Waals surface area contributed by atoms with Gasteiger partial charge >= 0.3 is 0 Å². The summed E-state index contributed by atoms with van der Waals surface area (Å²) >= 11 is 0. The summed E-state index contributed by atoms with van der Waals surface area (Å²) in [6.45, 7) is 5.06. The van der Waals surface area contributed by atoms with Crippen molar-refractivity contribution in [1.29, 1.82) is 0 Å². The molecule has 0 aliphatic rings. The number of aliphatic hydroxyl groups excluding tert-OH is 1. The van der Waals surface area contributed by atoms with Gasteiger partial charge in [-0.3, -0.25) is 4.79 Å². The summed E-state index contributed by atoms with van der Waals surface area (Å²) in [6.07, 6.45) is 5.31. The van der Waals surface area contributed by atoms with Gasteiger partial charge in [-0.15, -0.1) is 6.42 Å². The average molecular weight is 444 g/mol. The van der Waals surface area contributed by atoms with Crippen molar-refractivity contribution >= 4 is 11.5 Å². The highest BCUT2D eigenvalue weighted by atomic mass is 16.5. The van der Waals surface area contributed by atoms with Crippen LogP contribution in [0, 0.1) is 12.3 Å². The first kappa shape index (κ1) is 23.9. The zero-order chi connectivity index (χ0) is 23.6. The number of ether oxygens (including phenoxy) is 2. The van der Waals surface area contributed by atoms with Crippen LogP contribution in [0.25, 0.3) is 0 Å². The molecular formula is C28H29NO4. The summed E-state index contributed by atoms with van der Waals surface area (Å²) in [5.41, 5.74) is 3.98. The fourth-order valence-electron chi connectivity index (χ4n) is 3.36. The molecule has 5 nitrogen and oxygen atoms in total. The van der Waals surface area contributed by atoms with E-state index in [2.05, 4.69) is 25.1 Å². The molecule has 5 heteroatoms. The van der Waals surface area contributed by atoms with E-state index in [0.717, 1.165) is 5.56 Å². The molecule has 0 aliphatic carbocycles. The van der Waals surface area contributed by atoms with E-state index in [9.17, 15) is 4.79 Å². The third-order valence-electron chi connectivity index (χ3n) is 5.14. The smallest absolute Gasteiger partial charge is 0.195 e. The van der Waals surface area contributed by atoms with Gasteiger partial charge < -0.3 is 19.9 Å². The molecule has 0 spiro atoms. The van der Waals surface area contributed by atoms with Crippen molar-refractivity contribution in [3.05, 3.63) is 89.0 Å². The number of carbonyl (C=O) groups excluding carboxylic acids is 1. The van der Waals surface area contributed by atoms with Crippen molar-refractivity contribution in [3.8, 4) is 23.8 Å². The van der Waals surface area contributed by atoms with Crippen molar-refractivity contribution in [2.24, 2.45) is 0 Å². The van der Waals surface area contributed by atoms with E-state index >= 15 is 0 Å². The van der Waals surface area contributed by atoms with Gasteiger partial charge in [0.15, 0.2) is 5.78 Å². The lowest BCUT2D eigenvalue weighted by atomic mass is 9.97. The van der Waals surface area contributed by atoms with Gasteiger partial charge in [-0.2, -0.15) is 0 Å². The van der Waals surface area contributed by atoms with E-state index in [1.54, 1.807) is 12.1 Å². The van der Waals surface area contributed by atoms with Gasteiger partial charge in [-0.25, -0.2) is 0 Å². The number of hydrogen-bond donors (Lipinski definition) is 2. The largest absolute Gasteiger partial charge is 0.491 e. The van der Waals surface area contributed by atoms with Gasteiger partial charge in [0.1, 0.15) is 24.7 Å². The number of carbonyl (C=O) groups is 1. The summed E-state index contributed by atoms with van der Waals surface area (Å²) in [5, 5.41) is 12.3. The maximum atomic E-state index is 13.4. The second-order valence-corrected chi connectivity index (χ2v) is 7.88. The van der Waals surface area contributed by atoms with Gasteiger partial charge in [0.2, 0.25) is 0 Å². The summed E-state index contributed by atoms with van der Waals surface area (Å²) in [7, 11) is 0. The van der Waals surface area contributed by atoms with E-state index in [1.807, 2.05) is 54.6 Å². The topological polar surface area (TPSA) is 67.8 Å². The predicted octanol–water partition coefficient (Wildman–Crippen LogP) is 5.04. The first-order chi connectivity index (χ1) is 16.0. The molecule has 0 amide bonds. The third kappa shape index (κ3) is 6.61. The highest BCUT2D eigenvalue weighted by Crippen LogP contribution is 2.27. The Bertz CT molecular complexity index is 1110. The van der Waals surface area contributed by atoms with Crippen molar-refractivity contribution in [1.82, 2.24) is 0 Å². The molecule has 0 saturated heterocycles. The van der Waals surface area contributed by atoms with Crippen molar-refractivity contribution in [3.63, 3.8) is 0 Å². The molecule has 2 N–H and O–H groups in total. The number of nitrogens with one attached hydrogen (secondary N) is 1. The first-order valence-corrected chi connectivity index (χ1v) is 10.9. The number of ketones is 1. The average Bonchev–Trinajstić information content (AvgIpc) is 2.85. The van der Waals surface area contributed by atoms with E-state index in [-0.39, 0.29) is 25.6 Å². The molecule has 0 aliphatic heterocycles. The molecule has 170 valence electrons. The molecule has 0 atom stereocenters. The van der Waals surface area contributed by atoms with Crippen molar-refractivity contribution in [2.75, 3.05) is 25.1 Å². The SMILES string of the molecule is C#CCOc1ccc(NCc2cccc(OCCO)c2)c(C(=O)c2ccc(C(C)C)cc2)c1. The quantitative estimate of drug-likeness (QED) is 0.321. The van der Waals surface area contributed by atoms with Gasteiger partial charge in [-0.1, -0.05) is 56.2 Å². The Hall–Kier alpha value is -3.75. The molecular weight excluding hydrogens is 414 g/mol.